The van der Waals surface area contributed by atoms with Crippen LogP contribution in [0.4, 0.5) is 5.95 Å². The standard InChI is InChI=1S/C19H22N6O2/c1-4-9-25-13(3)15(12(2)24-25)11-22-19-21-8-6-16(23-19)17-10-14(18(26)27)5-7-20-17/h5-8,10H,4,9,11H2,1-3H3,(H,26,27)(H,21,22,23). The minimum atomic E-state index is -0.999. The van der Waals surface area contributed by atoms with Gasteiger partial charge in [-0.25, -0.2) is 14.8 Å². The molecule has 3 aromatic rings. The maximum atomic E-state index is 11.1. The van der Waals surface area contributed by atoms with Crippen molar-refractivity contribution in [2.45, 2.75) is 40.3 Å². The highest BCUT2D eigenvalue weighted by atomic mass is 16.4. The van der Waals surface area contributed by atoms with Crippen LogP contribution >= 0.6 is 0 Å². The molecule has 0 atom stereocenters. The molecule has 0 aliphatic heterocycles. The van der Waals surface area contributed by atoms with Crippen LogP contribution in [0.2, 0.25) is 0 Å². The number of carboxylic acids is 1. The average Bonchev–Trinajstić information content (AvgIpc) is 2.94. The normalized spacial score (nSPS) is 10.8. The lowest BCUT2D eigenvalue weighted by Crippen LogP contribution is -2.07. The summed E-state index contributed by atoms with van der Waals surface area (Å²) in [6.45, 7) is 7.64. The van der Waals surface area contributed by atoms with E-state index in [4.69, 9.17) is 5.11 Å². The summed E-state index contributed by atoms with van der Waals surface area (Å²) in [7, 11) is 0. The number of carboxylic acid groups (broad SMARTS) is 1. The molecule has 0 unspecified atom stereocenters. The van der Waals surface area contributed by atoms with Gasteiger partial charge in [0.15, 0.2) is 0 Å². The van der Waals surface area contributed by atoms with E-state index in [0.717, 1.165) is 29.9 Å². The molecule has 0 amide bonds. The zero-order chi connectivity index (χ0) is 19.4. The van der Waals surface area contributed by atoms with Crippen molar-refractivity contribution in [3.05, 3.63) is 53.1 Å². The number of aromatic nitrogens is 5. The summed E-state index contributed by atoms with van der Waals surface area (Å²) in [5, 5.41) is 16.9. The van der Waals surface area contributed by atoms with E-state index in [1.165, 1.54) is 18.3 Å². The van der Waals surface area contributed by atoms with Gasteiger partial charge in [0, 0.05) is 36.7 Å². The second-order valence-corrected chi connectivity index (χ2v) is 6.23. The molecule has 3 heterocycles. The van der Waals surface area contributed by atoms with Gasteiger partial charge in [0.1, 0.15) is 0 Å². The first kappa shape index (κ1) is 18.5. The molecule has 0 saturated heterocycles. The minimum absolute atomic E-state index is 0.169. The lowest BCUT2D eigenvalue weighted by atomic mass is 10.2. The maximum Gasteiger partial charge on any atom is 0.335 e. The molecule has 0 aliphatic carbocycles. The third-order valence-electron chi connectivity index (χ3n) is 4.31. The van der Waals surface area contributed by atoms with Crippen LogP contribution in [-0.4, -0.2) is 35.8 Å². The van der Waals surface area contributed by atoms with Crippen LogP contribution in [0.5, 0.6) is 0 Å². The van der Waals surface area contributed by atoms with Gasteiger partial charge in [-0.3, -0.25) is 9.67 Å². The number of aromatic carboxylic acids is 1. The number of nitrogens with one attached hydrogen (secondary N) is 1. The average molecular weight is 366 g/mol. The molecule has 27 heavy (non-hydrogen) atoms. The van der Waals surface area contributed by atoms with Gasteiger partial charge >= 0.3 is 5.97 Å². The van der Waals surface area contributed by atoms with Crippen LogP contribution in [0.1, 0.15) is 40.7 Å². The van der Waals surface area contributed by atoms with Crippen LogP contribution in [0, 0.1) is 13.8 Å². The second kappa shape index (κ2) is 7.94. The van der Waals surface area contributed by atoms with Crippen LogP contribution in [-0.2, 0) is 13.1 Å². The lowest BCUT2D eigenvalue weighted by Gasteiger charge is -2.08. The highest BCUT2D eigenvalue weighted by Crippen LogP contribution is 2.18. The Balaban J connectivity index is 1.79. The Morgan fingerprint density at radius 2 is 1.96 bits per heavy atom. The fourth-order valence-corrected chi connectivity index (χ4v) is 2.88. The quantitative estimate of drug-likeness (QED) is 0.662. The van der Waals surface area contributed by atoms with Gasteiger partial charge in [-0.05, 0) is 38.5 Å². The Hall–Kier alpha value is -3.29. The van der Waals surface area contributed by atoms with Crippen molar-refractivity contribution in [2.24, 2.45) is 0 Å². The highest BCUT2D eigenvalue weighted by Gasteiger charge is 2.12. The number of hydrogen-bond donors (Lipinski definition) is 2. The SMILES string of the molecule is CCCn1nc(C)c(CNc2nccc(-c3cc(C(=O)O)ccn3)n2)c1C. The Kier molecular flexibility index (Phi) is 5.44. The predicted molar refractivity (Wildman–Crippen MR) is 102 cm³/mol. The number of hydrogen-bond acceptors (Lipinski definition) is 6. The molecule has 0 bridgehead atoms. The molecule has 0 radical (unpaired) electrons. The fourth-order valence-electron chi connectivity index (χ4n) is 2.88. The van der Waals surface area contributed by atoms with Crippen molar-refractivity contribution in [1.29, 1.82) is 0 Å². The van der Waals surface area contributed by atoms with Gasteiger partial charge in [-0.15, -0.1) is 0 Å². The molecule has 0 aliphatic rings. The van der Waals surface area contributed by atoms with Crippen molar-refractivity contribution in [1.82, 2.24) is 24.7 Å². The van der Waals surface area contributed by atoms with E-state index >= 15 is 0 Å². The molecule has 8 heteroatoms. The van der Waals surface area contributed by atoms with E-state index in [1.54, 1.807) is 12.3 Å². The van der Waals surface area contributed by atoms with Gasteiger partial charge in [0.05, 0.1) is 22.6 Å². The zero-order valence-corrected chi connectivity index (χ0v) is 15.6. The molecule has 0 aromatic carbocycles. The molecule has 3 rings (SSSR count). The van der Waals surface area contributed by atoms with Crippen molar-refractivity contribution in [2.75, 3.05) is 5.32 Å². The maximum absolute atomic E-state index is 11.1. The van der Waals surface area contributed by atoms with E-state index < -0.39 is 5.97 Å². The molecular weight excluding hydrogens is 344 g/mol. The number of aryl methyl sites for hydroxylation is 2. The van der Waals surface area contributed by atoms with E-state index in [-0.39, 0.29) is 5.56 Å². The monoisotopic (exact) mass is 366 g/mol. The number of nitrogens with zero attached hydrogens (tertiary/aromatic N) is 5. The van der Waals surface area contributed by atoms with Gasteiger partial charge in [0.25, 0.3) is 0 Å². The summed E-state index contributed by atoms with van der Waals surface area (Å²) < 4.78 is 2.02. The molecule has 140 valence electrons. The molecule has 0 saturated carbocycles. The van der Waals surface area contributed by atoms with Crippen LogP contribution in [0.25, 0.3) is 11.4 Å². The molecule has 0 spiro atoms. The van der Waals surface area contributed by atoms with E-state index in [9.17, 15) is 4.79 Å². The predicted octanol–water partition coefficient (Wildman–Crippen LogP) is 3.07. The van der Waals surface area contributed by atoms with Gasteiger partial charge < -0.3 is 10.4 Å². The fraction of sp³-hybridized carbons (Fsp3) is 0.316. The van der Waals surface area contributed by atoms with E-state index in [1.807, 2.05) is 11.6 Å². The van der Waals surface area contributed by atoms with Crippen molar-refractivity contribution >= 4 is 11.9 Å². The zero-order valence-electron chi connectivity index (χ0n) is 15.6. The van der Waals surface area contributed by atoms with Crippen LogP contribution < -0.4 is 5.32 Å². The molecular formula is C19H22N6O2. The number of pyridine rings is 1. The Labute approximate surface area is 157 Å². The number of rotatable bonds is 7. The Morgan fingerprint density at radius 1 is 1.19 bits per heavy atom. The lowest BCUT2D eigenvalue weighted by molar-refractivity contribution is 0.0697. The summed E-state index contributed by atoms with van der Waals surface area (Å²) in [6, 6.07) is 4.65. The van der Waals surface area contributed by atoms with Gasteiger partial charge in [-0.2, -0.15) is 5.10 Å². The molecule has 3 aromatic heterocycles. The summed E-state index contributed by atoms with van der Waals surface area (Å²) in [4.78, 5) is 24.1. The van der Waals surface area contributed by atoms with Gasteiger partial charge in [0.2, 0.25) is 5.95 Å². The molecule has 8 nitrogen and oxygen atoms in total. The topological polar surface area (TPSA) is 106 Å². The Morgan fingerprint density at radius 3 is 2.70 bits per heavy atom. The van der Waals surface area contributed by atoms with Crippen molar-refractivity contribution < 1.29 is 9.90 Å². The van der Waals surface area contributed by atoms with E-state index in [2.05, 4.69) is 39.2 Å². The molecule has 2 N–H and O–H groups in total. The minimum Gasteiger partial charge on any atom is -0.478 e. The first-order chi connectivity index (χ1) is 13.0. The van der Waals surface area contributed by atoms with Gasteiger partial charge in [-0.1, -0.05) is 6.92 Å². The summed E-state index contributed by atoms with van der Waals surface area (Å²) in [5.74, 6) is -0.543. The molecule has 0 fully saturated rings. The van der Waals surface area contributed by atoms with Crippen molar-refractivity contribution in [3.63, 3.8) is 0 Å². The Bertz CT molecular complexity index is 967. The van der Waals surface area contributed by atoms with Crippen molar-refractivity contribution in [3.8, 4) is 11.4 Å². The summed E-state index contributed by atoms with van der Waals surface area (Å²) >= 11 is 0. The third kappa shape index (κ3) is 4.11. The first-order valence-corrected chi connectivity index (χ1v) is 8.79. The number of carbonyl (C=O) groups is 1. The summed E-state index contributed by atoms with van der Waals surface area (Å²) in [6.07, 6.45) is 4.12. The third-order valence-corrected chi connectivity index (χ3v) is 4.31. The second-order valence-electron chi connectivity index (χ2n) is 6.23. The van der Waals surface area contributed by atoms with Crippen LogP contribution in [0.3, 0.4) is 0 Å². The van der Waals surface area contributed by atoms with Crippen LogP contribution in [0.15, 0.2) is 30.6 Å². The summed E-state index contributed by atoms with van der Waals surface area (Å²) in [5.41, 5.74) is 4.47. The first-order valence-electron chi connectivity index (χ1n) is 8.79. The van der Waals surface area contributed by atoms with E-state index in [0.29, 0.717) is 23.9 Å². The smallest absolute Gasteiger partial charge is 0.335 e. The number of anilines is 1. The largest absolute Gasteiger partial charge is 0.478 e. The highest BCUT2D eigenvalue weighted by molar-refractivity contribution is 5.88.